The standard InChI is InChI=1S/C15H14ClN3O2/c1-11(12-3-2-8-17-9-12)18-19-15(20)10-21-14-6-4-13(16)5-7-14/h2-9H,10H2,1H3,(H,19,20)/b18-11-. The minimum Gasteiger partial charge on any atom is -0.484 e. The highest BCUT2D eigenvalue weighted by Gasteiger charge is 2.03. The van der Waals surface area contributed by atoms with E-state index < -0.39 is 0 Å². The van der Waals surface area contributed by atoms with Gasteiger partial charge in [0.25, 0.3) is 5.91 Å². The number of hydrogen-bond acceptors (Lipinski definition) is 4. The Morgan fingerprint density at radius 1 is 1.33 bits per heavy atom. The first-order valence-corrected chi connectivity index (χ1v) is 6.65. The van der Waals surface area contributed by atoms with Crippen molar-refractivity contribution >= 4 is 23.2 Å². The summed E-state index contributed by atoms with van der Waals surface area (Å²) in [5.74, 6) is 0.232. The van der Waals surface area contributed by atoms with Gasteiger partial charge in [-0.3, -0.25) is 9.78 Å². The predicted octanol–water partition coefficient (Wildman–Crippen LogP) is 2.65. The molecule has 2 aromatic rings. The summed E-state index contributed by atoms with van der Waals surface area (Å²) in [6.45, 7) is 1.67. The molecule has 1 N–H and O–H groups in total. The molecule has 0 aliphatic heterocycles. The first-order chi connectivity index (χ1) is 10.1. The first kappa shape index (κ1) is 15.0. The molecule has 6 heteroatoms. The Morgan fingerprint density at radius 3 is 2.76 bits per heavy atom. The molecule has 1 heterocycles. The van der Waals surface area contributed by atoms with E-state index in [1.54, 1.807) is 49.6 Å². The molecule has 0 aliphatic rings. The average Bonchev–Trinajstić information content (AvgIpc) is 2.53. The van der Waals surface area contributed by atoms with Crippen LogP contribution in [-0.2, 0) is 4.79 Å². The second kappa shape index (κ2) is 7.40. The van der Waals surface area contributed by atoms with E-state index in [0.29, 0.717) is 16.5 Å². The van der Waals surface area contributed by atoms with E-state index in [9.17, 15) is 4.79 Å². The SMILES string of the molecule is C/C(=N/NC(=O)COc1ccc(Cl)cc1)c1cccnc1. The van der Waals surface area contributed by atoms with E-state index >= 15 is 0 Å². The average molecular weight is 304 g/mol. The molecule has 0 saturated heterocycles. The number of pyridine rings is 1. The molecular weight excluding hydrogens is 290 g/mol. The van der Waals surface area contributed by atoms with Crippen LogP contribution in [0.1, 0.15) is 12.5 Å². The largest absolute Gasteiger partial charge is 0.484 e. The third kappa shape index (κ3) is 4.89. The predicted molar refractivity (Wildman–Crippen MR) is 81.5 cm³/mol. The van der Waals surface area contributed by atoms with E-state index in [-0.39, 0.29) is 12.5 Å². The van der Waals surface area contributed by atoms with Crippen molar-refractivity contribution in [2.24, 2.45) is 5.10 Å². The lowest BCUT2D eigenvalue weighted by Gasteiger charge is -2.05. The van der Waals surface area contributed by atoms with Gasteiger partial charge >= 0.3 is 0 Å². The Balaban J connectivity index is 1.83. The molecule has 5 nitrogen and oxygen atoms in total. The van der Waals surface area contributed by atoms with Gasteiger partial charge in [-0.1, -0.05) is 17.7 Å². The number of rotatable bonds is 5. The smallest absolute Gasteiger partial charge is 0.277 e. The fourth-order valence-electron chi connectivity index (χ4n) is 1.50. The monoisotopic (exact) mass is 303 g/mol. The van der Waals surface area contributed by atoms with Crippen LogP contribution in [0.25, 0.3) is 0 Å². The van der Waals surface area contributed by atoms with Crippen molar-refractivity contribution in [3.63, 3.8) is 0 Å². The molecule has 108 valence electrons. The number of aromatic nitrogens is 1. The number of amides is 1. The number of ether oxygens (including phenoxy) is 1. The third-order valence-corrected chi connectivity index (χ3v) is 2.86. The second-order valence-electron chi connectivity index (χ2n) is 4.22. The molecule has 1 aromatic heterocycles. The lowest BCUT2D eigenvalue weighted by molar-refractivity contribution is -0.123. The number of halogens is 1. The molecule has 0 radical (unpaired) electrons. The molecule has 1 aromatic carbocycles. The highest BCUT2D eigenvalue weighted by molar-refractivity contribution is 6.30. The minimum absolute atomic E-state index is 0.120. The van der Waals surface area contributed by atoms with Gasteiger partial charge in [0.1, 0.15) is 5.75 Å². The Morgan fingerprint density at radius 2 is 2.10 bits per heavy atom. The van der Waals surface area contributed by atoms with Gasteiger partial charge in [-0.25, -0.2) is 5.43 Å². The summed E-state index contributed by atoms with van der Waals surface area (Å²) in [5, 5.41) is 4.61. The van der Waals surface area contributed by atoms with Gasteiger partial charge in [0.05, 0.1) is 5.71 Å². The van der Waals surface area contributed by atoms with Gasteiger partial charge in [0.15, 0.2) is 6.61 Å². The number of carbonyl (C=O) groups excluding carboxylic acids is 1. The summed E-state index contributed by atoms with van der Waals surface area (Å²) in [5.41, 5.74) is 3.95. The maximum absolute atomic E-state index is 11.6. The first-order valence-electron chi connectivity index (χ1n) is 6.27. The normalized spacial score (nSPS) is 11.0. The zero-order chi connectivity index (χ0) is 15.1. The number of hydrazone groups is 1. The third-order valence-electron chi connectivity index (χ3n) is 2.61. The van der Waals surface area contributed by atoms with Crippen molar-refractivity contribution in [1.29, 1.82) is 0 Å². The molecule has 0 unspecified atom stereocenters. The van der Waals surface area contributed by atoms with Crippen molar-refractivity contribution in [2.75, 3.05) is 6.61 Å². The van der Waals surface area contributed by atoms with Gasteiger partial charge < -0.3 is 4.74 Å². The number of benzene rings is 1. The number of hydrogen-bond donors (Lipinski definition) is 1. The molecule has 0 fully saturated rings. The molecule has 0 bridgehead atoms. The maximum Gasteiger partial charge on any atom is 0.277 e. The molecule has 0 saturated carbocycles. The zero-order valence-corrected chi connectivity index (χ0v) is 12.2. The highest BCUT2D eigenvalue weighted by atomic mass is 35.5. The van der Waals surface area contributed by atoms with E-state index in [1.807, 2.05) is 6.07 Å². The summed E-state index contributed by atoms with van der Waals surface area (Å²) in [4.78, 5) is 15.6. The zero-order valence-electron chi connectivity index (χ0n) is 11.4. The van der Waals surface area contributed by atoms with Gasteiger partial charge in [0, 0.05) is 23.0 Å². The van der Waals surface area contributed by atoms with Crippen LogP contribution in [-0.4, -0.2) is 23.2 Å². The van der Waals surface area contributed by atoms with Crippen molar-refractivity contribution in [3.8, 4) is 5.75 Å². The summed E-state index contributed by atoms with van der Waals surface area (Å²) in [7, 11) is 0. The second-order valence-corrected chi connectivity index (χ2v) is 4.65. The van der Waals surface area contributed by atoms with Gasteiger partial charge in [-0.15, -0.1) is 0 Å². The molecule has 2 rings (SSSR count). The summed E-state index contributed by atoms with van der Waals surface area (Å²) in [6, 6.07) is 10.4. The summed E-state index contributed by atoms with van der Waals surface area (Å²) in [6.07, 6.45) is 3.35. The van der Waals surface area contributed by atoms with Gasteiger partial charge in [-0.2, -0.15) is 5.10 Å². The molecular formula is C15H14ClN3O2. The number of nitrogens with zero attached hydrogens (tertiary/aromatic N) is 2. The Kier molecular flexibility index (Phi) is 5.29. The lowest BCUT2D eigenvalue weighted by atomic mass is 10.2. The van der Waals surface area contributed by atoms with E-state index in [0.717, 1.165) is 5.56 Å². The Labute approximate surface area is 127 Å². The summed E-state index contributed by atoms with van der Waals surface area (Å²) >= 11 is 5.76. The molecule has 0 aliphatic carbocycles. The Hall–Kier alpha value is -2.40. The fraction of sp³-hybridized carbons (Fsp3) is 0.133. The van der Waals surface area contributed by atoms with Crippen molar-refractivity contribution in [3.05, 3.63) is 59.4 Å². The quantitative estimate of drug-likeness (QED) is 0.682. The van der Waals surface area contributed by atoms with Gasteiger partial charge in [-0.05, 0) is 37.3 Å². The van der Waals surface area contributed by atoms with Crippen LogP contribution in [0.3, 0.4) is 0 Å². The number of carbonyl (C=O) groups is 1. The molecule has 0 atom stereocenters. The van der Waals surface area contributed by atoms with Crippen LogP contribution in [0.5, 0.6) is 5.75 Å². The highest BCUT2D eigenvalue weighted by Crippen LogP contribution is 2.15. The lowest BCUT2D eigenvalue weighted by Crippen LogP contribution is -2.25. The topological polar surface area (TPSA) is 63.6 Å². The van der Waals surface area contributed by atoms with Crippen LogP contribution in [0.2, 0.25) is 5.02 Å². The van der Waals surface area contributed by atoms with E-state index in [1.165, 1.54) is 0 Å². The van der Waals surface area contributed by atoms with Crippen molar-refractivity contribution in [2.45, 2.75) is 6.92 Å². The van der Waals surface area contributed by atoms with Crippen molar-refractivity contribution in [1.82, 2.24) is 10.4 Å². The van der Waals surface area contributed by atoms with Crippen LogP contribution in [0.15, 0.2) is 53.9 Å². The number of nitrogens with one attached hydrogen (secondary N) is 1. The maximum atomic E-state index is 11.6. The van der Waals surface area contributed by atoms with E-state index in [4.69, 9.17) is 16.3 Å². The Bertz CT molecular complexity index is 627. The molecule has 0 spiro atoms. The van der Waals surface area contributed by atoms with Crippen LogP contribution >= 0.6 is 11.6 Å². The molecule has 1 amide bonds. The fourth-order valence-corrected chi connectivity index (χ4v) is 1.63. The van der Waals surface area contributed by atoms with Crippen LogP contribution in [0, 0.1) is 0 Å². The van der Waals surface area contributed by atoms with Crippen molar-refractivity contribution < 1.29 is 9.53 Å². The minimum atomic E-state index is -0.340. The summed E-state index contributed by atoms with van der Waals surface area (Å²) < 4.78 is 5.31. The molecule has 21 heavy (non-hydrogen) atoms. The van der Waals surface area contributed by atoms with Gasteiger partial charge in [0.2, 0.25) is 0 Å². The van der Waals surface area contributed by atoms with Crippen LogP contribution in [0.4, 0.5) is 0 Å². The van der Waals surface area contributed by atoms with Crippen LogP contribution < -0.4 is 10.2 Å². The van der Waals surface area contributed by atoms with E-state index in [2.05, 4.69) is 15.5 Å².